The number of aryl methyl sites for hydroxylation is 1. The lowest BCUT2D eigenvalue weighted by atomic mass is 10.3. The minimum absolute atomic E-state index is 0.734. The number of guanidine groups is 1. The van der Waals surface area contributed by atoms with Gasteiger partial charge in [-0.25, -0.2) is 4.98 Å². The van der Waals surface area contributed by atoms with Gasteiger partial charge in [-0.05, 0) is 13.3 Å². The highest BCUT2D eigenvalue weighted by atomic mass is 32.2. The lowest BCUT2D eigenvalue weighted by Crippen LogP contribution is -2.47. The monoisotopic (exact) mass is 298 g/mol. The van der Waals surface area contributed by atoms with Crippen LogP contribution in [0.1, 0.15) is 23.9 Å². The van der Waals surface area contributed by atoms with Gasteiger partial charge in [-0.3, -0.25) is 4.99 Å². The van der Waals surface area contributed by atoms with Gasteiger partial charge >= 0.3 is 0 Å². The molecule has 1 aliphatic rings. The van der Waals surface area contributed by atoms with Crippen LogP contribution in [0.5, 0.6) is 0 Å². The normalized spacial score (nSPS) is 20.7. The molecule has 1 aromatic heterocycles. The van der Waals surface area contributed by atoms with Crippen molar-refractivity contribution in [1.82, 2.24) is 15.2 Å². The van der Waals surface area contributed by atoms with Gasteiger partial charge in [0.2, 0.25) is 0 Å². The Morgan fingerprint density at radius 1 is 1.63 bits per heavy atom. The summed E-state index contributed by atoms with van der Waals surface area (Å²) in [5.74, 6) is 2.21. The Bertz CT molecular complexity index is 430. The maximum Gasteiger partial charge on any atom is 0.194 e. The second kappa shape index (κ2) is 7.14. The lowest BCUT2D eigenvalue weighted by Gasteiger charge is -2.34. The van der Waals surface area contributed by atoms with Crippen LogP contribution < -0.4 is 5.32 Å². The van der Waals surface area contributed by atoms with Crippen LogP contribution in [0.2, 0.25) is 0 Å². The summed E-state index contributed by atoms with van der Waals surface area (Å²) in [6, 6.07) is 0. The van der Waals surface area contributed by atoms with Crippen LogP contribution in [0.3, 0.4) is 0 Å². The number of rotatable bonds is 3. The average Bonchev–Trinajstić information content (AvgIpc) is 2.85. The molecule has 0 aromatic carbocycles. The van der Waals surface area contributed by atoms with Crippen molar-refractivity contribution in [3.05, 3.63) is 16.1 Å². The summed E-state index contributed by atoms with van der Waals surface area (Å²) in [6.07, 6.45) is 1.23. The molecule has 0 saturated carbocycles. The molecular formula is C13H22N4S2. The molecule has 1 aliphatic heterocycles. The van der Waals surface area contributed by atoms with Crippen LogP contribution in [-0.4, -0.2) is 47.0 Å². The quantitative estimate of drug-likeness (QED) is 0.687. The van der Waals surface area contributed by atoms with E-state index in [0.29, 0.717) is 0 Å². The minimum Gasteiger partial charge on any atom is -0.351 e. The summed E-state index contributed by atoms with van der Waals surface area (Å²) in [5.41, 5.74) is 3.02. The van der Waals surface area contributed by atoms with Crippen molar-refractivity contribution in [2.45, 2.75) is 32.1 Å². The predicted molar refractivity (Wildman–Crippen MR) is 85.2 cm³/mol. The van der Waals surface area contributed by atoms with Crippen LogP contribution in [0.4, 0.5) is 0 Å². The van der Waals surface area contributed by atoms with Gasteiger partial charge in [0.15, 0.2) is 5.96 Å². The molecule has 0 radical (unpaired) electrons. The summed E-state index contributed by atoms with van der Waals surface area (Å²) < 4.78 is 0. The Kier molecular flexibility index (Phi) is 5.51. The van der Waals surface area contributed by atoms with Crippen LogP contribution in [0, 0.1) is 6.92 Å². The van der Waals surface area contributed by atoms with E-state index in [9.17, 15) is 0 Å². The SMILES string of the molecule is CCC1CN(C(=NC)NCc2scnc2C)CCS1. The molecule has 2 heterocycles. The van der Waals surface area contributed by atoms with E-state index >= 15 is 0 Å². The first kappa shape index (κ1) is 14.7. The Morgan fingerprint density at radius 3 is 3.11 bits per heavy atom. The van der Waals surface area contributed by atoms with Gasteiger partial charge < -0.3 is 10.2 Å². The Balaban J connectivity index is 1.91. The molecule has 2 rings (SSSR count). The molecular weight excluding hydrogens is 276 g/mol. The molecule has 1 fully saturated rings. The van der Waals surface area contributed by atoms with E-state index in [-0.39, 0.29) is 0 Å². The fourth-order valence-corrected chi connectivity index (χ4v) is 4.04. The first-order valence-corrected chi connectivity index (χ1v) is 8.63. The van der Waals surface area contributed by atoms with E-state index in [1.165, 1.54) is 17.1 Å². The van der Waals surface area contributed by atoms with Crippen molar-refractivity contribution in [2.24, 2.45) is 4.99 Å². The Morgan fingerprint density at radius 2 is 2.47 bits per heavy atom. The van der Waals surface area contributed by atoms with Crippen molar-refractivity contribution >= 4 is 29.1 Å². The van der Waals surface area contributed by atoms with E-state index < -0.39 is 0 Å². The number of aliphatic imine (C=N–C) groups is 1. The Hall–Kier alpha value is -0.750. The molecule has 1 unspecified atom stereocenters. The van der Waals surface area contributed by atoms with Gasteiger partial charge in [-0.2, -0.15) is 11.8 Å². The molecule has 6 heteroatoms. The molecule has 0 amide bonds. The number of nitrogens with one attached hydrogen (secondary N) is 1. The standard InChI is InChI=1S/C13H22N4S2/c1-4-11-8-17(5-6-18-11)13(14-3)15-7-12-10(2)16-9-19-12/h9,11H,4-8H2,1-3H3,(H,14,15). The van der Waals surface area contributed by atoms with Gasteiger partial charge in [0, 0.05) is 36.0 Å². The number of thioether (sulfide) groups is 1. The summed E-state index contributed by atoms with van der Waals surface area (Å²) in [5, 5.41) is 4.20. The molecule has 0 bridgehead atoms. The van der Waals surface area contributed by atoms with Crippen LogP contribution in [-0.2, 0) is 6.54 Å². The number of hydrogen-bond donors (Lipinski definition) is 1. The molecule has 1 atom stereocenters. The molecule has 0 aliphatic carbocycles. The highest BCUT2D eigenvalue weighted by Gasteiger charge is 2.21. The van der Waals surface area contributed by atoms with E-state index in [2.05, 4.69) is 45.8 Å². The number of aromatic nitrogens is 1. The molecule has 1 saturated heterocycles. The van der Waals surface area contributed by atoms with Crippen LogP contribution in [0.25, 0.3) is 0 Å². The smallest absolute Gasteiger partial charge is 0.194 e. The lowest BCUT2D eigenvalue weighted by molar-refractivity contribution is 0.408. The fourth-order valence-electron chi connectivity index (χ4n) is 2.15. The zero-order chi connectivity index (χ0) is 13.7. The molecule has 19 heavy (non-hydrogen) atoms. The van der Waals surface area contributed by atoms with Crippen molar-refractivity contribution in [3.63, 3.8) is 0 Å². The summed E-state index contributed by atoms with van der Waals surface area (Å²) in [4.78, 5) is 12.4. The highest BCUT2D eigenvalue weighted by Crippen LogP contribution is 2.21. The Labute approximate surface area is 123 Å². The maximum atomic E-state index is 4.42. The van der Waals surface area contributed by atoms with Crippen molar-refractivity contribution in [2.75, 3.05) is 25.9 Å². The fraction of sp³-hybridized carbons (Fsp3) is 0.692. The zero-order valence-corrected chi connectivity index (χ0v) is 13.5. The van der Waals surface area contributed by atoms with Crippen LogP contribution in [0.15, 0.2) is 10.5 Å². The van der Waals surface area contributed by atoms with Crippen LogP contribution >= 0.6 is 23.1 Å². The molecule has 106 valence electrons. The van der Waals surface area contributed by atoms with Gasteiger partial charge in [0.25, 0.3) is 0 Å². The van der Waals surface area contributed by atoms with Crippen molar-refractivity contribution in [1.29, 1.82) is 0 Å². The first-order chi connectivity index (χ1) is 9.24. The van der Waals surface area contributed by atoms with Gasteiger partial charge in [0.05, 0.1) is 17.7 Å². The van der Waals surface area contributed by atoms with Gasteiger partial charge in [-0.15, -0.1) is 11.3 Å². The van der Waals surface area contributed by atoms with Gasteiger partial charge in [0.1, 0.15) is 0 Å². The third kappa shape index (κ3) is 3.86. The van der Waals surface area contributed by atoms with Gasteiger partial charge in [-0.1, -0.05) is 6.92 Å². The minimum atomic E-state index is 0.734. The molecule has 4 nitrogen and oxygen atoms in total. The van der Waals surface area contributed by atoms with Crippen molar-refractivity contribution in [3.8, 4) is 0 Å². The largest absolute Gasteiger partial charge is 0.351 e. The van der Waals surface area contributed by atoms with E-state index in [4.69, 9.17) is 0 Å². The summed E-state index contributed by atoms with van der Waals surface area (Å²) >= 11 is 3.78. The molecule has 0 spiro atoms. The first-order valence-electron chi connectivity index (χ1n) is 6.70. The van der Waals surface area contributed by atoms with E-state index in [1.807, 2.05) is 12.6 Å². The zero-order valence-electron chi connectivity index (χ0n) is 11.8. The summed E-state index contributed by atoms with van der Waals surface area (Å²) in [6.45, 7) is 7.33. The topological polar surface area (TPSA) is 40.5 Å². The third-order valence-electron chi connectivity index (χ3n) is 3.36. The molecule has 1 N–H and O–H groups in total. The predicted octanol–water partition coefficient (Wildman–Crippen LogP) is 2.35. The number of nitrogens with zero attached hydrogens (tertiary/aromatic N) is 3. The highest BCUT2D eigenvalue weighted by molar-refractivity contribution is 8.00. The van der Waals surface area contributed by atoms with E-state index in [0.717, 1.165) is 36.5 Å². The number of thiazole rings is 1. The summed E-state index contributed by atoms with van der Waals surface area (Å²) in [7, 11) is 1.87. The average molecular weight is 298 g/mol. The third-order valence-corrected chi connectivity index (χ3v) is 5.66. The second-order valence-corrected chi connectivity index (χ2v) is 6.96. The second-order valence-electron chi connectivity index (χ2n) is 4.61. The van der Waals surface area contributed by atoms with E-state index in [1.54, 1.807) is 11.3 Å². The maximum absolute atomic E-state index is 4.42. The van der Waals surface area contributed by atoms with Crippen molar-refractivity contribution < 1.29 is 0 Å². The number of hydrogen-bond acceptors (Lipinski definition) is 4. The molecule has 1 aromatic rings.